The molecule has 3 aromatic heterocycles. The van der Waals surface area contributed by atoms with E-state index in [1.807, 2.05) is 6.92 Å². The number of amides is 2. The molecule has 0 radical (unpaired) electrons. The summed E-state index contributed by atoms with van der Waals surface area (Å²) in [4.78, 5) is 23.5. The number of nitrogens with two attached hydrogens (primary N) is 1. The summed E-state index contributed by atoms with van der Waals surface area (Å²) in [6.45, 7) is 1.71. The molecule has 0 aliphatic rings. The first-order valence-electron chi connectivity index (χ1n) is 7.75. The summed E-state index contributed by atoms with van der Waals surface area (Å²) in [6, 6.07) is 6.70. The third-order valence-electron chi connectivity index (χ3n) is 3.45. The van der Waals surface area contributed by atoms with Crippen LogP contribution < -0.4 is 11.1 Å². The van der Waals surface area contributed by atoms with Gasteiger partial charge in [0.1, 0.15) is 12.3 Å². The predicted molar refractivity (Wildman–Crippen MR) is 92.9 cm³/mol. The van der Waals surface area contributed by atoms with Gasteiger partial charge in [-0.05, 0) is 31.2 Å². The summed E-state index contributed by atoms with van der Waals surface area (Å²) in [5.41, 5.74) is 5.31. The molecule has 26 heavy (non-hydrogen) atoms. The number of furan rings is 2. The second-order valence-electron chi connectivity index (χ2n) is 5.43. The van der Waals surface area contributed by atoms with Gasteiger partial charge in [-0.15, -0.1) is 10.2 Å². The van der Waals surface area contributed by atoms with Crippen molar-refractivity contribution in [3.63, 3.8) is 0 Å². The summed E-state index contributed by atoms with van der Waals surface area (Å²) in [6.07, 6.45) is 3.05. The maximum absolute atomic E-state index is 12.1. The van der Waals surface area contributed by atoms with Crippen LogP contribution in [0.1, 0.15) is 18.7 Å². The number of hydrogen-bond acceptors (Lipinski definition) is 7. The molecule has 3 N–H and O–H groups in total. The van der Waals surface area contributed by atoms with Crippen LogP contribution in [0.2, 0.25) is 0 Å². The van der Waals surface area contributed by atoms with Crippen molar-refractivity contribution in [1.29, 1.82) is 0 Å². The minimum absolute atomic E-state index is 0.0973. The monoisotopic (exact) mass is 375 g/mol. The van der Waals surface area contributed by atoms with Crippen molar-refractivity contribution in [2.45, 2.75) is 24.7 Å². The Kier molecular flexibility index (Phi) is 5.42. The molecule has 10 heteroatoms. The maximum atomic E-state index is 12.1. The van der Waals surface area contributed by atoms with Gasteiger partial charge in [-0.25, -0.2) is 0 Å². The first-order chi connectivity index (χ1) is 12.5. The lowest BCUT2D eigenvalue weighted by Crippen LogP contribution is -2.28. The Morgan fingerprint density at radius 1 is 1.27 bits per heavy atom. The number of carbonyl (C=O) groups excluding carboxylic acids is 2. The van der Waals surface area contributed by atoms with Crippen molar-refractivity contribution < 1.29 is 18.4 Å². The molecule has 0 spiro atoms. The van der Waals surface area contributed by atoms with Gasteiger partial charge in [-0.2, -0.15) is 0 Å². The van der Waals surface area contributed by atoms with E-state index in [9.17, 15) is 9.59 Å². The molecule has 9 nitrogen and oxygen atoms in total. The molecule has 136 valence electrons. The van der Waals surface area contributed by atoms with Crippen molar-refractivity contribution in [2.24, 2.45) is 5.73 Å². The van der Waals surface area contributed by atoms with Crippen LogP contribution in [0.25, 0.3) is 11.6 Å². The molecule has 0 saturated heterocycles. The third-order valence-corrected chi connectivity index (χ3v) is 4.42. The number of rotatable bonds is 8. The lowest BCUT2D eigenvalue weighted by Gasteiger charge is -2.11. The molecular weight excluding hydrogens is 358 g/mol. The first-order valence-corrected chi connectivity index (χ1v) is 8.74. The molecule has 0 unspecified atom stereocenters. The van der Waals surface area contributed by atoms with Crippen molar-refractivity contribution in [2.75, 3.05) is 5.75 Å². The van der Waals surface area contributed by atoms with Crippen LogP contribution in [0.3, 0.4) is 0 Å². The largest absolute Gasteiger partial charge is 0.467 e. The van der Waals surface area contributed by atoms with Crippen molar-refractivity contribution in [3.05, 3.63) is 42.6 Å². The summed E-state index contributed by atoms with van der Waals surface area (Å²) >= 11 is 1.15. The fraction of sp³-hybridized carbons (Fsp3) is 0.250. The molecule has 0 bridgehead atoms. The number of primary amides is 1. The third kappa shape index (κ3) is 4.14. The summed E-state index contributed by atoms with van der Waals surface area (Å²) in [5, 5.41) is 11.3. The van der Waals surface area contributed by atoms with E-state index in [0.29, 0.717) is 22.5 Å². The van der Waals surface area contributed by atoms with Crippen molar-refractivity contribution in [3.8, 4) is 11.6 Å². The van der Waals surface area contributed by atoms with Crippen LogP contribution in [0.4, 0.5) is 0 Å². The fourth-order valence-electron chi connectivity index (χ4n) is 2.30. The average molecular weight is 375 g/mol. The van der Waals surface area contributed by atoms with Gasteiger partial charge in [0.15, 0.2) is 10.9 Å². The van der Waals surface area contributed by atoms with E-state index in [1.165, 1.54) is 10.8 Å². The zero-order valence-electron chi connectivity index (χ0n) is 13.9. The minimum Gasteiger partial charge on any atom is -0.467 e. The molecule has 0 aromatic carbocycles. The maximum Gasteiger partial charge on any atom is 0.237 e. The summed E-state index contributed by atoms with van der Waals surface area (Å²) < 4.78 is 12.1. The Balaban J connectivity index is 1.67. The van der Waals surface area contributed by atoms with Crippen LogP contribution in [-0.2, 0) is 16.1 Å². The molecule has 0 aliphatic heterocycles. The van der Waals surface area contributed by atoms with Gasteiger partial charge in [-0.3, -0.25) is 14.2 Å². The highest BCUT2D eigenvalue weighted by Crippen LogP contribution is 2.24. The molecular formula is C16H17N5O4S. The zero-order valence-corrected chi connectivity index (χ0v) is 14.7. The van der Waals surface area contributed by atoms with E-state index in [0.717, 1.165) is 11.8 Å². The highest BCUT2D eigenvalue weighted by Gasteiger charge is 2.19. The standard InChI is InChI=1S/C16H17N5O4S/c1-10(11-4-2-6-24-11)18-14(23)9-26-16-20-19-15(12-5-3-7-25-12)21(16)8-13(17)22/h2-7,10H,8-9H2,1H3,(H2,17,22)(H,18,23)/t10-/m1/s1. The lowest BCUT2D eigenvalue weighted by atomic mass is 10.2. The van der Waals surface area contributed by atoms with Gasteiger partial charge in [0.25, 0.3) is 0 Å². The molecule has 3 aromatic rings. The lowest BCUT2D eigenvalue weighted by molar-refractivity contribution is -0.119. The zero-order chi connectivity index (χ0) is 18.5. The van der Waals surface area contributed by atoms with E-state index >= 15 is 0 Å². The Morgan fingerprint density at radius 3 is 2.69 bits per heavy atom. The van der Waals surface area contributed by atoms with Crippen LogP contribution in [0.15, 0.2) is 50.8 Å². The number of nitrogens with zero attached hydrogens (tertiary/aromatic N) is 3. The minimum atomic E-state index is -0.546. The molecule has 0 aliphatic carbocycles. The molecule has 2 amide bonds. The van der Waals surface area contributed by atoms with Crippen molar-refractivity contribution in [1.82, 2.24) is 20.1 Å². The van der Waals surface area contributed by atoms with E-state index in [-0.39, 0.29) is 24.2 Å². The van der Waals surface area contributed by atoms with Crippen LogP contribution in [-0.4, -0.2) is 32.3 Å². The Morgan fingerprint density at radius 2 is 2.04 bits per heavy atom. The van der Waals surface area contributed by atoms with E-state index < -0.39 is 5.91 Å². The molecule has 0 saturated carbocycles. The molecule has 1 atom stereocenters. The van der Waals surface area contributed by atoms with E-state index in [2.05, 4.69) is 15.5 Å². The smallest absolute Gasteiger partial charge is 0.237 e. The van der Waals surface area contributed by atoms with Gasteiger partial charge in [-0.1, -0.05) is 11.8 Å². The Hall–Kier alpha value is -3.01. The number of nitrogens with one attached hydrogen (secondary N) is 1. The molecule has 3 heterocycles. The SMILES string of the molecule is C[C@@H](NC(=O)CSc1nnc(-c2ccco2)n1CC(N)=O)c1ccco1. The fourth-order valence-corrected chi connectivity index (χ4v) is 3.05. The second kappa shape index (κ2) is 7.91. The van der Waals surface area contributed by atoms with Gasteiger partial charge in [0.05, 0.1) is 24.3 Å². The molecule has 3 rings (SSSR count). The van der Waals surface area contributed by atoms with E-state index in [4.69, 9.17) is 14.6 Å². The van der Waals surface area contributed by atoms with Crippen molar-refractivity contribution >= 4 is 23.6 Å². The van der Waals surface area contributed by atoms with Crippen LogP contribution in [0.5, 0.6) is 0 Å². The quantitative estimate of drug-likeness (QED) is 0.572. The number of hydrogen-bond donors (Lipinski definition) is 2. The van der Waals surface area contributed by atoms with Crippen LogP contribution in [0, 0.1) is 0 Å². The van der Waals surface area contributed by atoms with Gasteiger partial charge in [0, 0.05) is 0 Å². The highest BCUT2D eigenvalue weighted by atomic mass is 32.2. The topological polar surface area (TPSA) is 129 Å². The summed E-state index contributed by atoms with van der Waals surface area (Å²) in [7, 11) is 0. The number of aromatic nitrogens is 3. The average Bonchev–Trinajstić information content (AvgIpc) is 3.34. The number of carbonyl (C=O) groups is 2. The van der Waals surface area contributed by atoms with Crippen LogP contribution >= 0.6 is 11.8 Å². The second-order valence-corrected chi connectivity index (χ2v) is 6.37. The van der Waals surface area contributed by atoms with Gasteiger partial charge < -0.3 is 19.9 Å². The highest BCUT2D eigenvalue weighted by molar-refractivity contribution is 7.99. The number of thioether (sulfide) groups is 1. The first kappa shape index (κ1) is 17.8. The predicted octanol–water partition coefficient (Wildman–Crippen LogP) is 1.59. The van der Waals surface area contributed by atoms with E-state index in [1.54, 1.807) is 30.5 Å². The Labute approximate surface area is 152 Å². The van der Waals surface area contributed by atoms with Gasteiger partial charge >= 0.3 is 0 Å². The normalized spacial score (nSPS) is 12.0. The molecule has 0 fully saturated rings. The van der Waals surface area contributed by atoms with Gasteiger partial charge in [0.2, 0.25) is 17.6 Å². The summed E-state index contributed by atoms with van der Waals surface area (Å²) in [5.74, 6) is 0.852. The Bertz CT molecular complexity index is 873.